The summed E-state index contributed by atoms with van der Waals surface area (Å²) in [7, 11) is 0. The van der Waals surface area contributed by atoms with E-state index in [1.54, 1.807) is 33.1 Å². The average Bonchev–Trinajstić information content (AvgIpc) is 3.55. The molecule has 0 saturated carbocycles. The molecule has 31 heavy (non-hydrogen) atoms. The highest BCUT2D eigenvalue weighted by atomic mass is 32.1. The fraction of sp³-hybridized carbons (Fsp3) is 0.0476. The molecule has 3 heterocycles. The first-order valence-corrected chi connectivity index (χ1v) is 10.3. The van der Waals surface area contributed by atoms with Gasteiger partial charge in [-0.2, -0.15) is 9.78 Å². The van der Waals surface area contributed by atoms with Crippen molar-refractivity contribution in [3.8, 4) is 21.9 Å². The van der Waals surface area contributed by atoms with E-state index in [1.807, 2.05) is 55.6 Å². The van der Waals surface area contributed by atoms with Gasteiger partial charge in [-0.05, 0) is 47.7 Å². The van der Waals surface area contributed by atoms with Gasteiger partial charge in [0.1, 0.15) is 10.7 Å². The molecule has 5 aromatic rings. The molecule has 0 fully saturated rings. The Bertz CT molecular complexity index is 1350. The number of anilines is 1. The highest BCUT2D eigenvalue weighted by molar-refractivity contribution is 7.13. The number of rotatable bonds is 5. The summed E-state index contributed by atoms with van der Waals surface area (Å²) in [6.07, 6.45) is 3.64. The number of tetrazole rings is 1. The van der Waals surface area contributed by atoms with Gasteiger partial charge in [0, 0.05) is 22.8 Å². The number of thiazole rings is 1. The molecular weight excluding hydrogens is 412 g/mol. The zero-order valence-corrected chi connectivity index (χ0v) is 17.2. The molecule has 152 valence electrons. The lowest BCUT2D eigenvalue weighted by molar-refractivity contribution is 0.102. The van der Waals surface area contributed by atoms with Gasteiger partial charge in [-0.1, -0.05) is 24.3 Å². The Morgan fingerprint density at radius 1 is 1.06 bits per heavy atom. The first kappa shape index (κ1) is 18.8. The van der Waals surface area contributed by atoms with E-state index < -0.39 is 0 Å². The van der Waals surface area contributed by atoms with Crippen molar-refractivity contribution in [1.82, 2.24) is 35.0 Å². The van der Waals surface area contributed by atoms with E-state index in [-0.39, 0.29) is 5.91 Å². The zero-order valence-electron chi connectivity index (χ0n) is 16.4. The maximum atomic E-state index is 12.7. The maximum Gasteiger partial charge on any atom is 0.275 e. The number of amides is 1. The second-order valence-electron chi connectivity index (χ2n) is 6.69. The number of hydrogen-bond donors (Lipinski definition) is 1. The number of benzene rings is 2. The normalized spacial score (nSPS) is 10.9. The summed E-state index contributed by atoms with van der Waals surface area (Å²) in [6, 6.07) is 17.1. The van der Waals surface area contributed by atoms with Crippen LogP contribution in [0.3, 0.4) is 0 Å². The van der Waals surface area contributed by atoms with Gasteiger partial charge in [0.05, 0.1) is 17.6 Å². The van der Waals surface area contributed by atoms with Crippen LogP contribution in [0, 0.1) is 6.92 Å². The predicted octanol–water partition coefficient (Wildman–Crippen LogP) is 3.53. The summed E-state index contributed by atoms with van der Waals surface area (Å²) < 4.78 is 3.38. The minimum absolute atomic E-state index is 0.288. The van der Waals surface area contributed by atoms with Crippen LogP contribution in [0.5, 0.6) is 0 Å². The Morgan fingerprint density at radius 2 is 1.90 bits per heavy atom. The van der Waals surface area contributed by atoms with Gasteiger partial charge in [0.2, 0.25) is 0 Å². The van der Waals surface area contributed by atoms with E-state index in [4.69, 9.17) is 0 Å². The summed E-state index contributed by atoms with van der Waals surface area (Å²) >= 11 is 1.40. The zero-order chi connectivity index (χ0) is 21.2. The quantitative estimate of drug-likeness (QED) is 0.459. The van der Waals surface area contributed by atoms with Crippen LogP contribution >= 0.6 is 11.3 Å². The van der Waals surface area contributed by atoms with Crippen molar-refractivity contribution in [1.29, 1.82) is 0 Å². The van der Waals surface area contributed by atoms with Gasteiger partial charge < -0.3 is 5.32 Å². The smallest absolute Gasteiger partial charge is 0.275 e. The van der Waals surface area contributed by atoms with Gasteiger partial charge in [-0.15, -0.1) is 16.4 Å². The summed E-state index contributed by atoms with van der Waals surface area (Å²) in [5, 5.41) is 21.2. The van der Waals surface area contributed by atoms with Crippen molar-refractivity contribution >= 4 is 22.9 Å². The van der Waals surface area contributed by atoms with Crippen LogP contribution in [-0.4, -0.2) is 40.9 Å². The number of aryl methyl sites for hydroxylation is 1. The number of nitrogens with zero attached hydrogens (tertiary/aromatic N) is 7. The molecule has 1 N–H and O–H groups in total. The van der Waals surface area contributed by atoms with Crippen LogP contribution in [0.25, 0.3) is 21.9 Å². The van der Waals surface area contributed by atoms with Crippen molar-refractivity contribution in [2.45, 2.75) is 6.92 Å². The van der Waals surface area contributed by atoms with Crippen LogP contribution in [0.15, 0.2) is 72.4 Å². The Kier molecular flexibility index (Phi) is 4.81. The first-order valence-electron chi connectivity index (χ1n) is 9.40. The standard InChI is InChI=1S/C21H16N8OS/c1-14-25-26-27-29(14)18-9-5-6-16(10-18)23-20(30)19-13-31-21(24-19)15-11-22-28(12-15)17-7-3-2-4-8-17/h2-13H,1H3,(H,23,30). The van der Waals surface area contributed by atoms with E-state index in [0.717, 1.165) is 21.9 Å². The van der Waals surface area contributed by atoms with Crippen molar-refractivity contribution in [2.24, 2.45) is 0 Å². The Morgan fingerprint density at radius 3 is 2.71 bits per heavy atom. The van der Waals surface area contributed by atoms with E-state index in [1.165, 1.54) is 11.3 Å². The number of nitrogens with one attached hydrogen (secondary N) is 1. The molecule has 3 aromatic heterocycles. The molecule has 5 rings (SSSR count). The molecule has 0 radical (unpaired) electrons. The Labute approximate surface area is 181 Å². The third kappa shape index (κ3) is 3.83. The molecule has 0 saturated heterocycles. The van der Waals surface area contributed by atoms with Crippen molar-refractivity contribution in [3.05, 3.63) is 83.9 Å². The molecule has 0 unspecified atom stereocenters. The molecule has 0 aliphatic rings. The van der Waals surface area contributed by atoms with Crippen LogP contribution in [0.2, 0.25) is 0 Å². The highest BCUT2D eigenvalue weighted by Gasteiger charge is 2.14. The third-order valence-electron chi connectivity index (χ3n) is 4.56. The lowest BCUT2D eigenvalue weighted by Crippen LogP contribution is -2.12. The maximum absolute atomic E-state index is 12.7. The Hall–Kier alpha value is -4.18. The number of carbonyl (C=O) groups excluding carboxylic acids is 1. The predicted molar refractivity (Wildman–Crippen MR) is 117 cm³/mol. The molecule has 10 heteroatoms. The van der Waals surface area contributed by atoms with E-state index >= 15 is 0 Å². The average molecular weight is 428 g/mol. The molecule has 0 aliphatic carbocycles. The SMILES string of the molecule is Cc1nnnn1-c1cccc(NC(=O)c2csc(-c3cnn(-c4ccccc4)c3)n2)c1. The summed E-state index contributed by atoms with van der Waals surface area (Å²) in [6.45, 7) is 1.81. The van der Waals surface area contributed by atoms with E-state index in [2.05, 4.69) is 30.9 Å². The van der Waals surface area contributed by atoms with Crippen LogP contribution in [-0.2, 0) is 0 Å². The van der Waals surface area contributed by atoms with Gasteiger partial charge in [0.25, 0.3) is 5.91 Å². The van der Waals surface area contributed by atoms with Gasteiger partial charge in [-0.3, -0.25) is 4.79 Å². The Balaban J connectivity index is 1.33. The molecular formula is C21H16N8OS. The van der Waals surface area contributed by atoms with E-state index in [9.17, 15) is 4.79 Å². The summed E-state index contributed by atoms with van der Waals surface area (Å²) in [5.41, 5.74) is 3.54. The van der Waals surface area contributed by atoms with Gasteiger partial charge in [0.15, 0.2) is 5.82 Å². The molecule has 2 aromatic carbocycles. The lowest BCUT2D eigenvalue weighted by atomic mass is 10.2. The van der Waals surface area contributed by atoms with E-state index in [0.29, 0.717) is 17.2 Å². The van der Waals surface area contributed by atoms with Crippen LogP contribution < -0.4 is 5.32 Å². The molecule has 0 atom stereocenters. The second-order valence-corrected chi connectivity index (χ2v) is 7.55. The minimum Gasteiger partial charge on any atom is -0.321 e. The number of aromatic nitrogens is 7. The summed E-state index contributed by atoms with van der Waals surface area (Å²) in [5.74, 6) is 0.368. The third-order valence-corrected chi connectivity index (χ3v) is 5.45. The van der Waals surface area contributed by atoms with Crippen molar-refractivity contribution < 1.29 is 4.79 Å². The van der Waals surface area contributed by atoms with Crippen LogP contribution in [0.1, 0.15) is 16.3 Å². The van der Waals surface area contributed by atoms with Gasteiger partial charge in [-0.25, -0.2) is 9.67 Å². The topological polar surface area (TPSA) is 103 Å². The number of carbonyl (C=O) groups is 1. The van der Waals surface area contributed by atoms with Crippen molar-refractivity contribution in [2.75, 3.05) is 5.32 Å². The molecule has 0 bridgehead atoms. The highest BCUT2D eigenvalue weighted by Crippen LogP contribution is 2.25. The molecule has 9 nitrogen and oxygen atoms in total. The largest absolute Gasteiger partial charge is 0.321 e. The number of hydrogen-bond acceptors (Lipinski definition) is 7. The first-order chi connectivity index (χ1) is 15.2. The molecule has 0 aliphatic heterocycles. The lowest BCUT2D eigenvalue weighted by Gasteiger charge is -2.06. The summed E-state index contributed by atoms with van der Waals surface area (Å²) in [4.78, 5) is 17.2. The molecule has 1 amide bonds. The second kappa shape index (κ2) is 7.92. The fourth-order valence-electron chi connectivity index (χ4n) is 3.05. The van der Waals surface area contributed by atoms with Crippen LogP contribution in [0.4, 0.5) is 5.69 Å². The van der Waals surface area contributed by atoms with Gasteiger partial charge >= 0.3 is 0 Å². The number of para-hydroxylation sites is 1. The minimum atomic E-state index is -0.288. The van der Waals surface area contributed by atoms with Crippen molar-refractivity contribution in [3.63, 3.8) is 0 Å². The fourth-order valence-corrected chi connectivity index (χ4v) is 3.82. The monoisotopic (exact) mass is 428 g/mol. The molecule has 0 spiro atoms.